The topological polar surface area (TPSA) is 47.0 Å². The summed E-state index contributed by atoms with van der Waals surface area (Å²) in [5, 5.41) is 3.09. The molecule has 0 aliphatic carbocycles. The van der Waals surface area contributed by atoms with Crippen LogP contribution in [0.25, 0.3) is 0 Å². The van der Waals surface area contributed by atoms with Crippen LogP contribution in [0, 0.1) is 0 Å². The van der Waals surface area contributed by atoms with Gasteiger partial charge >= 0.3 is 0 Å². The Kier molecular flexibility index (Phi) is 6.44. The van der Waals surface area contributed by atoms with Crippen LogP contribution in [0.1, 0.15) is 31.8 Å². The van der Waals surface area contributed by atoms with Gasteiger partial charge in [0.2, 0.25) is 0 Å². The number of hydrogen-bond acceptors (Lipinski definition) is 4. The molecule has 1 aromatic heterocycles. The van der Waals surface area contributed by atoms with Crippen LogP contribution in [-0.4, -0.2) is 30.2 Å². The van der Waals surface area contributed by atoms with Crippen molar-refractivity contribution in [1.82, 2.24) is 9.97 Å². The standard InChI is InChI=1S/C12H20BrN3O/c1-4-6-9-11(13)12(14-3)16-10(15-9)7-8-17-5-2/h4-8H2,1-3H3,(H,14,15,16). The van der Waals surface area contributed by atoms with Gasteiger partial charge in [-0.2, -0.15) is 0 Å². The summed E-state index contributed by atoms with van der Waals surface area (Å²) in [5.74, 6) is 1.70. The van der Waals surface area contributed by atoms with Crippen LogP contribution in [0.15, 0.2) is 4.47 Å². The number of anilines is 1. The van der Waals surface area contributed by atoms with Crippen molar-refractivity contribution in [1.29, 1.82) is 0 Å². The van der Waals surface area contributed by atoms with E-state index in [1.54, 1.807) is 0 Å². The van der Waals surface area contributed by atoms with Gasteiger partial charge in [0, 0.05) is 20.1 Å². The van der Waals surface area contributed by atoms with Gasteiger partial charge in [-0.25, -0.2) is 9.97 Å². The van der Waals surface area contributed by atoms with Gasteiger partial charge < -0.3 is 10.1 Å². The Bertz CT molecular complexity index is 358. The molecule has 0 bridgehead atoms. The van der Waals surface area contributed by atoms with Crippen molar-refractivity contribution in [2.75, 3.05) is 25.6 Å². The van der Waals surface area contributed by atoms with Gasteiger partial charge in [-0.15, -0.1) is 0 Å². The number of rotatable bonds is 7. The molecular weight excluding hydrogens is 282 g/mol. The second-order valence-corrected chi connectivity index (χ2v) is 4.49. The maximum Gasteiger partial charge on any atom is 0.144 e. The van der Waals surface area contributed by atoms with Crippen molar-refractivity contribution in [3.8, 4) is 0 Å². The summed E-state index contributed by atoms with van der Waals surface area (Å²) in [5.41, 5.74) is 1.07. The summed E-state index contributed by atoms with van der Waals surface area (Å²) in [6.45, 7) is 5.54. The van der Waals surface area contributed by atoms with Crippen molar-refractivity contribution >= 4 is 21.7 Å². The Labute approximate surface area is 111 Å². The zero-order valence-electron chi connectivity index (χ0n) is 10.7. The molecule has 96 valence electrons. The van der Waals surface area contributed by atoms with E-state index < -0.39 is 0 Å². The molecule has 0 aliphatic rings. The van der Waals surface area contributed by atoms with Crippen LogP contribution in [0.4, 0.5) is 5.82 Å². The van der Waals surface area contributed by atoms with Crippen LogP contribution in [0.3, 0.4) is 0 Å². The second kappa shape index (κ2) is 7.61. The molecule has 4 nitrogen and oxygen atoms in total. The molecule has 0 fully saturated rings. The minimum atomic E-state index is 0.673. The molecule has 0 saturated heterocycles. The first-order valence-corrected chi connectivity index (χ1v) is 6.83. The molecule has 0 atom stereocenters. The molecule has 0 aromatic carbocycles. The average molecular weight is 302 g/mol. The van der Waals surface area contributed by atoms with Gasteiger partial charge in [-0.05, 0) is 29.3 Å². The highest BCUT2D eigenvalue weighted by Crippen LogP contribution is 2.24. The van der Waals surface area contributed by atoms with Crippen molar-refractivity contribution in [3.05, 3.63) is 16.0 Å². The molecule has 0 aliphatic heterocycles. The SMILES string of the molecule is CCCc1nc(CCOCC)nc(NC)c1Br. The van der Waals surface area contributed by atoms with E-state index in [0.29, 0.717) is 6.61 Å². The van der Waals surface area contributed by atoms with Crippen molar-refractivity contribution in [3.63, 3.8) is 0 Å². The zero-order chi connectivity index (χ0) is 12.7. The molecule has 17 heavy (non-hydrogen) atoms. The van der Waals surface area contributed by atoms with Crippen LogP contribution in [-0.2, 0) is 17.6 Å². The monoisotopic (exact) mass is 301 g/mol. The third-order valence-corrected chi connectivity index (χ3v) is 3.20. The van der Waals surface area contributed by atoms with E-state index in [1.165, 1.54) is 0 Å². The van der Waals surface area contributed by atoms with Gasteiger partial charge in [0.25, 0.3) is 0 Å². The number of aromatic nitrogens is 2. The van der Waals surface area contributed by atoms with E-state index in [-0.39, 0.29) is 0 Å². The highest BCUT2D eigenvalue weighted by atomic mass is 79.9. The van der Waals surface area contributed by atoms with E-state index in [4.69, 9.17) is 4.74 Å². The number of hydrogen-bond donors (Lipinski definition) is 1. The van der Waals surface area contributed by atoms with Crippen LogP contribution >= 0.6 is 15.9 Å². The summed E-state index contributed by atoms with van der Waals surface area (Å²) in [7, 11) is 1.87. The summed E-state index contributed by atoms with van der Waals surface area (Å²) < 4.78 is 6.30. The molecular formula is C12H20BrN3O. The predicted octanol–water partition coefficient (Wildman–Crippen LogP) is 2.81. The molecule has 0 unspecified atom stereocenters. The van der Waals surface area contributed by atoms with Crippen molar-refractivity contribution in [2.24, 2.45) is 0 Å². The molecule has 0 spiro atoms. The Morgan fingerprint density at radius 3 is 2.59 bits per heavy atom. The highest BCUT2D eigenvalue weighted by molar-refractivity contribution is 9.10. The maximum absolute atomic E-state index is 5.33. The fourth-order valence-corrected chi connectivity index (χ4v) is 2.11. The van der Waals surface area contributed by atoms with E-state index in [1.807, 2.05) is 14.0 Å². The lowest BCUT2D eigenvalue weighted by atomic mass is 10.2. The number of nitrogens with one attached hydrogen (secondary N) is 1. The lowest BCUT2D eigenvalue weighted by Crippen LogP contribution is -2.08. The lowest BCUT2D eigenvalue weighted by molar-refractivity contribution is 0.149. The predicted molar refractivity (Wildman–Crippen MR) is 73.5 cm³/mol. The van der Waals surface area contributed by atoms with E-state index in [9.17, 15) is 0 Å². The molecule has 1 aromatic rings. The molecule has 0 amide bonds. The Morgan fingerprint density at radius 1 is 1.24 bits per heavy atom. The first kappa shape index (κ1) is 14.4. The van der Waals surface area contributed by atoms with Crippen LogP contribution < -0.4 is 5.32 Å². The number of ether oxygens (including phenoxy) is 1. The first-order valence-electron chi connectivity index (χ1n) is 6.03. The zero-order valence-corrected chi connectivity index (χ0v) is 12.3. The van der Waals surface area contributed by atoms with Crippen molar-refractivity contribution in [2.45, 2.75) is 33.1 Å². The van der Waals surface area contributed by atoms with Gasteiger partial charge in [0.15, 0.2) is 0 Å². The Hall–Kier alpha value is -0.680. The minimum Gasteiger partial charge on any atom is -0.381 e. The Balaban J connectivity index is 2.86. The number of halogens is 1. The summed E-state index contributed by atoms with van der Waals surface area (Å²) >= 11 is 3.54. The van der Waals surface area contributed by atoms with E-state index >= 15 is 0 Å². The van der Waals surface area contributed by atoms with Crippen LogP contribution in [0.2, 0.25) is 0 Å². The first-order chi connectivity index (χ1) is 8.22. The van der Waals surface area contributed by atoms with E-state index in [0.717, 1.165) is 47.7 Å². The molecule has 0 radical (unpaired) electrons. The quantitative estimate of drug-likeness (QED) is 0.787. The molecule has 1 heterocycles. The maximum atomic E-state index is 5.33. The van der Waals surface area contributed by atoms with Crippen LogP contribution in [0.5, 0.6) is 0 Å². The normalized spacial score (nSPS) is 10.6. The lowest BCUT2D eigenvalue weighted by Gasteiger charge is -2.10. The minimum absolute atomic E-state index is 0.673. The fraction of sp³-hybridized carbons (Fsp3) is 0.667. The van der Waals surface area contributed by atoms with Gasteiger partial charge in [0.1, 0.15) is 11.6 Å². The molecule has 0 saturated carbocycles. The third kappa shape index (κ3) is 4.24. The van der Waals surface area contributed by atoms with Gasteiger partial charge in [-0.1, -0.05) is 13.3 Å². The largest absolute Gasteiger partial charge is 0.381 e. The number of nitrogens with zero attached hydrogens (tertiary/aromatic N) is 2. The molecule has 5 heteroatoms. The average Bonchev–Trinajstić information content (AvgIpc) is 2.33. The highest BCUT2D eigenvalue weighted by Gasteiger charge is 2.10. The van der Waals surface area contributed by atoms with Gasteiger partial charge in [0.05, 0.1) is 16.8 Å². The summed E-state index contributed by atoms with van der Waals surface area (Å²) in [4.78, 5) is 9.02. The summed E-state index contributed by atoms with van der Waals surface area (Å²) in [6.07, 6.45) is 2.79. The third-order valence-electron chi connectivity index (χ3n) is 2.36. The van der Waals surface area contributed by atoms with Crippen molar-refractivity contribution < 1.29 is 4.74 Å². The molecule has 1 N–H and O–H groups in total. The number of aryl methyl sites for hydroxylation is 1. The molecule has 1 rings (SSSR count). The second-order valence-electron chi connectivity index (χ2n) is 3.70. The van der Waals surface area contributed by atoms with E-state index in [2.05, 4.69) is 38.1 Å². The summed E-state index contributed by atoms with van der Waals surface area (Å²) in [6, 6.07) is 0. The van der Waals surface area contributed by atoms with Gasteiger partial charge in [-0.3, -0.25) is 0 Å². The fourth-order valence-electron chi connectivity index (χ4n) is 1.53. The Morgan fingerprint density at radius 2 is 2.00 bits per heavy atom. The smallest absolute Gasteiger partial charge is 0.144 e.